The number of aliphatic imine (C=N–C) groups is 1. The van der Waals surface area contributed by atoms with Gasteiger partial charge in [0.2, 0.25) is 0 Å². The van der Waals surface area contributed by atoms with Gasteiger partial charge < -0.3 is 15.5 Å². The zero-order chi connectivity index (χ0) is 11.2. The van der Waals surface area contributed by atoms with Crippen molar-refractivity contribution in [3.8, 4) is 0 Å². The smallest absolute Gasteiger partial charge is 0.192 e. The molecule has 1 spiro atoms. The molecule has 2 atom stereocenters. The van der Waals surface area contributed by atoms with Crippen LogP contribution in [0.3, 0.4) is 0 Å². The van der Waals surface area contributed by atoms with Crippen molar-refractivity contribution >= 4 is 5.96 Å². The standard InChI is InChI=1S/C11H22N4/c1-8(2)15-10(12)13-6-11(15)5-9(3)14(4)7-11/h8-9H,5-7H2,1-4H3,(H2,12,13). The highest BCUT2D eigenvalue weighted by Crippen LogP contribution is 2.36. The van der Waals surface area contributed by atoms with E-state index in [0.717, 1.165) is 19.0 Å². The van der Waals surface area contributed by atoms with Crippen molar-refractivity contribution in [2.45, 2.75) is 44.8 Å². The molecule has 15 heavy (non-hydrogen) atoms. The topological polar surface area (TPSA) is 44.9 Å². The summed E-state index contributed by atoms with van der Waals surface area (Å²) >= 11 is 0. The number of nitrogens with zero attached hydrogens (tertiary/aromatic N) is 3. The summed E-state index contributed by atoms with van der Waals surface area (Å²) in [5.74, 6) is 0.729. The highest BCUT2D eigenvalue weighted by molar-refractivity contribution is 5.81. The molecule has 2 rings (SSSR count). The molecule has 2 aliphatic heterocycles. The molecule has 86 valence electrons. The second-order valence-corrected chi connectivity index (χ2v) is 5.33. The Morgan fingerprint density at radius 1 is 1.53 bits per heavy atom. The largest absolute Gasteiger partial charge is 0.370 e. The van der Waals surface area contributed by atoms with E-state index in [2.05, 4.69) is 42.6 Å². The number of guanidine groups is 1. The predicted octanol–water partition coefficient (Wildman–Crippen LogP) is 0.488. The van der Waals surface area contributed by atoms with Gasteiger partial charge >= 0.3 is 0 Å². The summed E-state index contributed by atoms with van der Waals surface area (Å²) in [7, 11) is 2.19. The van der Waals surface area contributed by atoms with Gasteiger partial charge in [-0.25, -0.2) is 0 Å². The highest BCUT2D eigenvalue weighted by atomic mass is 15.4. The molecule has 0 aliphatic carbocycles. The fraction of sp³-hybridized carbons (Fsp3) is 0.909. The Hall–Kier alpha value is -0.770. The van der Waals surface area contributed by atoms with E-state index in [4.69, 9.17) is 5.73 Å². The van der Waals surface area contributed by atoms with Crippen molar-refractivity contribution in [2.24, 2.45) is 10.7 Å². The molecule has 2 N–H and O–H groups in total. The zero-order valence-corrected chi connectivity index (χ0v) is 10.2. The SMILES string of the molecule is CC1CC2(CN=C(N)N2C(C)C)CN1C. The van der Waals surface area contributed by atoms with E-state index in [1.807, 2.05) is 0 Å². The van der Waals surface area contributed by atoms with Gasteiger partial charge in [0, 0.05) is 18.6 Å². The summed E-state index contributed by atoms with van der Waals surface area (Å²) < 4.78 is 0. The molecule has 0 aromatic rings. The fourth-order valence-corrected chi connectivity index (χ4v) is 3.12. The first-order valence-electron chi connectivity index (χ1n) is 5.76. The van der Waals surface area contributed by atoms with Crippen LogP contribution in [0.25, 0.3) is 0 Å². The molecule has 1 fully saturated rings. The number of likely N-dealkylation sites (tertiary alicyclic amines) is 1. The van der Waals surface area contributed by atoms with Crippen LogP contribution >= 0.6 is 0 Å². The minimum absolute atomic E-state index is 0.173. The summed E-state index contributed by atoms with van der Waals surface area (Å²) in [5, 5.41) is 0. The third-order valence-electron chi connectivity index (χ3n) is 3.78. The van der Waals surface area contributed by atoms with Crippen LogP contribution in [0, 0.1) is 0 Å². The van der Waals surface area contributed by atoms with Gasteiger partial charge in [-0.3, -0.25) is 4.99 Å². The van der Waals surface area contributed by atoms with E-state index in [-0.39, 0.29) is 5.54 Å². The second-order valence-electron chi connectivity index (χ2n) is 5.33. The van der Waals surface area contributed by atoms with Crippen LogP contribution in [0.2, 0.25) is 0 Å². The lowest BCUT2D eigenvalue weighted by Gasteiger charge is -2.39. The normalized spacial score (nSPS) is 37.0. The van der Waals surface area contributed by atoms with Crippen molar-refractivity contribution in [3.05, 3.63) is 0 Å². The van der Waals surface area contributed by atoms with Crippen LogP contribution < -0.4 is 5.73 Å². The average molecular weight is 210 g/mol. The number of rotatable bonds is 1. The summed E-state index contributed by atoms with van der Waals surface area (Å²) in [6.07, 6.45) is 1.17. The Morgan fingerprint density at radius 3 is 2.67 bits per heavy atom. The molecule has 1 saturated heterocycles. The minimum Gasteiger partial charge on any atom is -0.370 e. The molecular formula is C11H22N4. The van der Waals surface area contributed by atoms with E-state index in [9.17, 15) is 0 Å². The monoisotopic (exact) mass is 210 g/mol. The molecule has 2 aliphatic rings. The molecule has 0 saturated carbocycles. The first-order valence-corrected chi connectivity index (χ1v) is 5.76. The highest BCUT2D eigenvalue weighted by Gasteiger charge is 2.49. The van der Waals surface area contributed by atoms with E-state index in [1.54, 1.807) is 0 Å². The molecule has 0 aromatic carbocycles. The summed E-state index contributed by atoms with van der Waals surface area (Å²) in [5.41, 5.74) is 6.16. The lowest BCUT2D eigenvalue weighted by Crippen LogP contribution is -2.56. The second kappa shape index (κ2) is 3.37. The summed E-state index contributed by atoms with van der Waals surface area (Å²) in [6, 6.07) is 1.07. The van der Waals surface area contributed by atoms with Crippen molar-refractivity contribution < 1.29 is 0 Å². The van der Waals surface area contributed by atoms with Gasteiger partial charge in [-0.1, -0.05) is 0 Å². The van der Waals surface area contributed by atoms with Crippen LogP contribution in [-0.4, -0.2) is 53.5 Å². The molecule has 2 unspecified atom stereocenters. The fourth-order valence-electron chi connectivity index (χ4n) is 3.12. The van der Waals surface area contributed by atoms with Crippen LogP contribution in [0.4, 0.5) is 0 Å². The molecule has 0 radical (unpaired) electrons. The van der Waals surface area contributed by atoms with Gasteiger partial charge in [-0.2, -0.15) is 0 Å². The molecule has 4 heteroatoms. The quantitative estimate of drug-likeness (QED) is 0.685. The number of nitrogens with two attached hydrogens (primary N) is 1. The lowest BCUT2D eigenvalue weighted by atomic mass is 9.94. The average Bonchev–Trinajstić information content (AvgIpc) is 2.56. The number of hydrogen-bond donors (Lipinski definition) is 1. The molecule has 2 heterocycles. The Balaban J connectivity index is 2.24. The first kappa shape index (κ1) is 10.7. The van der Waals surface area contributed by atoms with Crippen LogP contribution in [0.1, 0.15) is 27.2 Å². The lowest BCUT2D eigenvalue weighted by molar-refractivity contribution is 0.170. The maximum absolute atomic E-state index is 5.98. The van der Waals surface area contributed by atoms with Crippen LogP contribution in [0.5, 0.6) is 0 Å². The van der Waals surface area contributed by atoms with Gasteiger partial charge in [0.1, 0.15) is 0 Å². The zero-order valence-electron chi connectivity index (χ0n) is 10.2. The van der Waals surface area contributed by atoms with Crippen molar-refractivity contribution in [3.63, 3.8) is 0 Å². The van der Waals surface area contributed by atoms with Crippen LogP contribution in [0.15, 0.2) is 4.99 Å². The van der Waals surface area contributed by atoms with Crippen LogP contribution in [-0.2, 0) is 0 Å². The minimum atomic E-state index is 0.173. The van der Waals surface area contributed by atoms with Gasteiger partial charge in [0.05, 0.1) is 12.1 Å². The van der Waals surface area contributed by atoms with E-state index in [1.165, 1.54) is 6.42 Å². The Morgan fingerprint density at radius 2 is 2.20 bits per heavy atom. The maximum Gasteiger partial charge on any atom is 0.192 e. The Labute approximate surface area is 92.1 Å². The van der Waals surface area contributed by atoms with Gasteiger partial charge in [-0.05, 0) is 34.2 Å². The van der Waals surface area contributed by atoms with Crippen molar-refractivity contribution in [2.75, 3.05) is 20.1 Å². The third kappa shape index (κ3) is 1.51. The summed E-state index contributed by atoms with van der Waals surface area (Å²) in [6.45, 7) is 8.61. The van der Waals surface area contributed by atoms with Crippen molar-refractivity contribution in [1.82, 2.24) is 9.80 Å². The molecule has 0 aromatic heterocycles. The molecule has 0 amide bonds. The molecular weight excluding hydrogens is 188 g/mol. The van der Waals surface area contributed by atoms with Gasteiger partial charge in [0.15, 0.2) is 5.96 Å². The van der Waals surface area contributed by atoms with Gasteiger partial charge in [0.25, 0.3) is 0 Å². The summed E-state index contributed by atoms with van der Waals surface area (Å²) in [4.78, 5) is 9.16. The molecule has 0 bridgehead atoms. The third-order valence-corrected chi connectivity index (χ3v) is 3.78. The number of likely N-dealkylation sites (N-methyl/N-ethyl adjacent to an activating group) is 1. The number of hydrogen-bond acceptors (Lipinski definition) is 4. The maximum atomic E-state index is 5.98. The Bertz CT molecular complexity index is 274. The van der Waals surface area contributed by atoms with Gasteiger partial charge in [-0.15, -0.1) is 0 Å². The van der Waals surface area contributed by atoms with E-state index < -0.39 is 0 Å². The Kier molecular flexibility index (Phi) is 2.41. The molecule has 4 nitrogen and oxygen atoms in total. The van der Waals surface area contributed by atoms with Crippen molar-refractivity contribution in [1.29, 1.82) is 0 Å². The predicted molar refractivity (Wildman–Crippen MR) is 62.9 cm³/mol. The van der Waals surface area contributed by atoms with E-state index in [0.29, 0.717) is 12.1 Å². The van der Waals surface area contributed by atoms with E-state index >= 15 is 0 Å². The first-order chi connectivity index (χ1) is 6.96.